The zero-order chi connectivity index (χ0) is 20.0. The van der Waals surface area contributed by atoms with Crippen LogP contribution in [-0.4, -0.2) is 39.0 Å². The van der Waals surface area contributed by atoms with E-state index in [-0.39, 0.29) is 17.6 Å². The van der Waals surface area contributed by atoms with Crippen molar-refractivity contribution in [2.24, 2.45) is 13.0 Å². The van der Waals surface area contributed by atoms with Gasteiger partial charge in [-0.3, -0.25) is 4.79 Å². The van der Waals surface area contributed by atoms with Crippen molar-refractivity contribution in [2.75, 3.05) is 17.7 Å². The van der Waals surface area contributed by atoms with Crippen molar-refractivity contribution in [3.05, 3.63) is 22.3 Å². The predicted octanol–water partition coefficient (Wildman–Crippen LogP) is 3.68. The molecule has 7 nitrogen and oxygen atoms in total. The van der Waals surface area contributed by atoms with Gasteiger partial charge >= 0.3 is 5.97 Å². The molecule has 2 aromatic rings. The van der Waals surface area contributed by atoms with Gasteiger partial charge in [-0.25, -0.2) is 4.79 Å². The summed E-state index contributed by atoms with van der Waals surface area (Å²) in [4.78, 5) is 26.0. The average Bonchev–Trinajstić information content (AvgIpc) is 3.16. The van der Waals surface area contributed by atoms with Crippen molar-refractivity contribution in [1.29, 1.82) is 0 Å². The second-order valence-corrected chi connectivity index (χ2v) is 8.51. The zero-order valence-corrected chi connectivity index (χ0v) is 18.0. The molecular weight excluding hydrogens is 384 g/mol. The van der Waals surface area contributed by atoms with Gasteiger partial charge in [0, 0.05) is 11.9 Å². The number of hydrogen-bond acceptors (Lipinski definition) is 7. The van der Waals surface area contributed by atoms with E-state index >= 15 is 0 Å². The minimum absolute atomic E-state index is 0.187. The van der Waals surface area contributed by atoms with Crippen LogP contribution < -0.4 is 5.32 Å². The van der Waals surface area contributed by atoms with E-state index in [2.05, 4.69) is 29.4 Å². The maximum absolute atomic E-state index is 12.5. The maximum Gasteiger partial charge on any atom is 0.341 e. The minimum atomic E-state index is -0.378. The van der Waals surface area contributed by atoms with Crippen molar-refractivity contribution in [3.63, 3.8) is 0 Å². The molecule has 0 aliphatic rings. The lowest BCUT2D eigenvalue weighted by molar-refractivity contribution is -0.113. The fourth-order valence-electron chi connectivity index (χ4n) is 2.52. The van der Waals surface area contributed by atoms with Crippen LogP contribution in [-0.2, 0) is 23.0 Å². The SMILES string of the molecule is CCOC(=O)c1c(NC(=O)CSc2nncn2C)sc(C)c1C[C@@H](C)CC. The Morgan fingerprint density at radius 2 is 2.15 bits per heavy atom. The molecule has 2 aromatic heterocycles. The number of aryl methyl sites for hydroxylation is 2. The lowest BCUT2D eigenvalue weighted by atomic mass is 9.96. The molecule has 27 heavy (non-hydrogen) atoms. The van der Waals surface area contributed by atoms with E-state index in [9.17, 15) is 9.59 Å². The van der Waals surface area contributed by atoms with Crippen LogP contribution in [0.4, 0.5) is 5.00 Å². The summed E-state index contributed by atoms with van der Waals surface area (Å²) in [5.41, 5.74) is 1.47. The van der Waals surface area contributed by atoms with E-state index in [0.717, 1.165) is 23.3 Å². The van der Waals surface area contributed by atoms with Crippen molar-refractivity contribution in [1.82, 2.24) is 14.8 Å². The number of thioether (sulfide) groups is 1. The van der Waals surface area contributed by atoms with Gasteiger partial charge < -0.3 is 14.6 Å². The van der Waals surface area contributed by atoms with Crippen molar-refractivity contribution in [3.8, 4) is 0 Å². The summed E-state index contributed by atoms with van der Waals surface area (Å²) in [7, 11) is 1.82. The standard InChI is InChI=1S/C18H26N4O3S2/c1-6-11(3)8-13-12(4)27-16(15(13)17(24)25-7-2)20-14(23)9-26-18-21-19-10-22(18)5/h10-11H,6-9H2,1-5H3,(H,20,23)/t11-/m0/s1. The third-order valence-electron chi connectivity index (χ3n) is 4.19. The highest BCUT2D eigenvalue weighted by molar-refractivity contribution is 7.99. The molecule has 1 N–H and O–H groups in total. The van der Waals surface area contributed by atoms with Crippen molar-refractivity contribution >= 4 is 40.0 Å². The number of thiophene rings is 1. The summed E-state index contributed by atoms with van der Waals surface area (Å²) in [6.07, 6.45) is 3.40. The van der Waals surface area contributed by atoms with Crippen LogP contribution in [0.5, 0.6) is 0 Å². The average molecular weight is 411 g/mol. The molecule has 2 heterocycles. The second-order valence-electron chi connectivity index (χ2n) is 6.34. The van der Waals surface area contributed by atoms with Gasteiger partial charge in [0.1, 0.15) is 11.3 Å². The number of nitrogens with one attached hydrogen (secondary N) is 1. The molecule has 1 amide bonds. The number of carbonyl (C=O) groups excluding carboxylic acids is 2. The van der Waals surface area contributed by atoms with Gasteiger partial charge in [0.25, 0.3) is 0 Å². The Kier molecular flexibility index (Phi) is 7.85. The molecule has 1 atom stereocenters. The van der Waals surface area contributed by atoms with Crippen LogP contribution in [0.2, 0.25) is 0 Å². The summed E-state index contributed by atoms with van der Waals surface area (Å²) in [6, 6.07) is 0. The first-order valence-electron chi connectivity index (χ1n) is 8.93. The number of nitrogens with zero attached hydrogens (tertiary/aromatic N) is 3. The van der Waals surface area contributed by atoms with Crippen LogP contribution in [0.25, 0.3) is 0 Å². The van der Waals surface area contributed by atoms with Crippen LogP contribution in [0.3, 0.4) is 0 Å². The lowest BCUT2D eigenvalue weighted by Crippen LogP contribution is -2.17. The zero-order valence-electron chi connectivity index (χ0n) is 16.4. The topological polar surface area (TPSA) is 86.1 Å². The summed E-state index contributed by atoms with van der Waals surface area (Å²) in [5.74, 6) is 0.0645. The van der Waals surface area contributed by atoms with Crippen LogP contribution in [0, 0.1) is 12.8 Å². The highest BCUT2D eigenvalue weighted by Gasteiger charge is 2.25. The molecule has 0 aliphatic heterocycles. The van der Waals surface area contributed by atoms with E-state index in [1.807, 2.05) is 14.0 Å². The van der Waals surface area contributed by atoms with Gasteiger partial charge in [-0.1, -0.05) is 32.0 Å². The first-order chi connectivity index (χ1) is 12.9. The third kappa shape index (κ3) is 5.55. The van der Waals surface area contributed by atoms with E-state index in [1.165, 1.54) is 23.1 Å². The Hall–Kier alpha value is -1.87. The van der Waals surface area contributed by atoms with Crippen LogP contribution >= 0.6 is 23.1 Å². The van der Waals surface area contributed by atoms with Gasteiger partial charge in [0.05, 0.1) is 17.9 Å². The quantitative estimate of drug-likeness (QED) is 0.501. The molecule has 0 aliphatic carbocycles. The largest absolute Gasteiger partial charge is 0.462 e. The van der Waals surface area contributed by atoms with E-state index in [4.69, 9.17) is 4.74 Å². The molecule has 0 saturated carbocycles. The number of amides is 1. The highest BCUT2D eigenvalue weighted by Crippen LogP contribution is 2.35. The summed E-state index contributed by atoms with van der Waals surface area (Å²) in [6.45, 7) is 8.34. The lowest BCUT2D eigenvalue weighted by Gasteiger charge is -2.12. The van der Waals surface area contributed by atoms with Gasteiger partial charge in [0.15, 0.2) is 5.16 Å². The van der Waals surface area contributed by atoms with Crippen LogP contribution in [0.15, 0.2) is 11.5 Å². The molecular formula is C18H26N4O3S2. The molecule has 0 saturated heterocycles. The Morgan fingerprint density at radius 3 is 2.74 bits per heavy atom. The second kappa shape index (κ2) is 9.89. The molecule has 0 unspecified atom stereocenters. The van der Waals surface area contributed by atoms with Gasteiger partial charge in [-0.05, 0) is 31.7 Å². The Bertz CT molecular complexity index is 801. The Morgan fingerprint density at radius 1 is 1.41 bits per heavy atom. The number of esters is 1. The number of anilines is 1. The molecule has 0 bridgehead atoms. The summed E-state index contributed by atoms with van der Waals surface area (Å²) in [5, 5.41) is 11.9. The van der Waals surface area contributed by atoms with Gasteiger partial charge in [0.2, 0.25) is 5.91 Å². The van der Waals surface area contributed by atoms with Crippen LogP contribution in [0.1, 0.15) is 48.0 Å². The van der Waals surface area contributed by atoms with E-state index in [0.29, 0.717) is 28.2 Å². The number of rotatable bonds is 9. The third-order valence-corrected chi connectivity index (χ3v) is 6.29. The molecule has 0 aromatic carbocycles. The molecule has 148 valence electrons. The predicted molar refractivity (Wildman–Crippen MR) is 109 cm³/mol. The Labute approximate surface area is 167 Å². The van der Waals surface area contributed by atoms with Crippen molar-refractivity contribution in [2.45, 2.75) is 45.7 Å². The molecule has 0 fully saturated rings. The molecule has 2 rings (SSSR count). The van der Waals surface area contributed by atoms with Gasteiger partial charge in [-0.15, -0.1) is 21.5 Å². The minimum Gasteiger partial charge on any atom is -0.462 e. The normalized spacial score (nSPS) is 12.0. The molecule has 9 heteroatoms. The van der Waals surface area contributed by atoms with Crippen molar-refractivity contribution < 1.29 is 14.3 Å². The Balaban J connectivity index is 2.18. The maximum atomic E-state index is 12.5. The first-order valence-corrected chi connectivity index (χ1v) is 10.7. The summed E-state index contributed by atoms with van der Waals surface area (Å²) < 4.78 is 7.00. The molecule has 0 spiro atoms. The number of ether oxygens (including phenoxy) is 1. The fraction of sp³-hybridized carbons (Fsp3) is 0.556. The monoisotopic (exact) mass is 410 g/mol. The summed E-state index contributed by atoms with van der Waals surface area (Å²) >= 11 is 2.72. The fourth-order valence-corrected chi connectivity index (χ4v) is 4.30. The van der Waals surface area contributed by atoms with E-state index < -0.39 is 0 Å². The molecule has 0 radical (unpaired) electrons. The first kappa shape index (κ1) is 21.4. The van der Waals surface area contributed by atoms with E-state index in [1.54, 1.807) is 17.8 Å². The number of hydrogen-bond donors (Lipinski definition) is 1. The number of aromatic nitrogens is 3. The smallest absolute Gasteiger partial charge is 0.341 e. The highest BCUT2D eigenvalue weighted by atomic mass is 32.2. The van der Waals surface area contributed by atoms with Gasteiger partial charge in [-0.2, -0.15) is 0 Å². The number of carbonyl (C=O) groups is 2.